The molecule has 1 heterocycles. The van der Waals surface area contributed by atoms with Crippen LogP contribution in [-0.4, -0.2) is 37.0 Å². The lowest BCUT2D eigenvalue weighted by molar-refractivity contribution is 0.206. The number of urea groups is 1. The van der Waals surface area contributed by atoms with E-state index in [1.165, 1.54) is 0 Å². The minimum absolute atomic E-state index is 0.149. The summed E-state index contributed by atoms with van der Waals surface area (Å²) in [6.07, 6.45) is 5.58. The highest BCUT2D eigenvalue weighted by molar-refractivity contribution is 6.17. The van der Waals surface area contributed by atoms with Crippen LogP contribution in [0, 0.1) is 0 Å². The Morgan fingerprint density at radius 3 is 2.23 bits per heavy atom. The van der Waals surface area contributed by atoms with Crippen LogP contribution >= 0.6 is 0 Å². The van der Waals surface area contributed by atoms with Crippen LogP contribution in [0.3, 0.4) is 0 Å². The number of carbonyl (C=O) groups is 1. The molecule has 0 unspecified atom stereocenters. The summed E-state index contributed by atoms with van der Waals surface area (Å²) >= 11 is 0. The maximum atomic E-state index is 14.0. The third-order valence-electron chi connectivity index (χ3n) is 6.93. The molecule has 4 aromatic carbocycles. The van der Waals surface area contributed by atoms with E-state index in [4.69, 9.17) is 15.6 Å². The Bertz CT molecular complexity index is 1480. The van der Waals surface area contributed by atoms with Gasteiger partial charge in [0.1, 0.15) is 5.75 Å². The van der Waals surface area contributed by atoms with E-state index < -0.39 is 0 Å². The first-order chi connectivity index (χ1) is 19.7. The predicted octanol–water partition coefficient (Wildman–Crippen LogP) is 6.96. The minimum atomic E-state index is -0.149. The Morgan fingerprint density at radius 2 is 1.50 bits per heavy atom. The number of ether oxygens (including phenoxy) is 1. The smallest absolute Gasteiger partial charge is 0.345 e. The number of allylic oxidation sites excluding steroid dienone is 1. The summed E-state index contributed by atoms with van der Waals surface area (Å²) < 4.78 is 5.28. The maximum absolute atomic E-state index is 14.0. The van der Waals surface area contributed by atoms with E-state index in [0.717, 1.165) is 57.8 Å². The van der Waals surface area contributed by atoms with Crippen LogP contribution in [0.25, 0.3) is 17.2 Å². The number of unbranched alkanes of at least 4 members (excludes halogenated alkanes) is 1. The molecule has 0 aliphatic carbocycles. The summed E-state index contributed by atoms with van der Waals surface area (Å²) in [5.74, 6) is 0.804. The fourth-order valence-corrected chi connectivity index (χ4v) is 4.73. The molecule has 4 aromatic rings. The Morgan fingerprint density at radius 1 is 0.800 bits per heavy atom. The molecule has 1 aliphatic heterocycles. The quantitative estimate of drug-likeness (QED) is 0.225. The van der Waals surface area contributed by atoms with Crippen LogP contribution in [-0.2, 0) is 6.54 Å². The van der Waals surface area contributed by atoms with Crippen LogP contribution in [0.5, 0.6) is 5.75 Å². The van der Waals surface area contributed by atoms with Gasteiger partial charge in [0, 0.05) is 12.1 Å². The van der Waals surface area contributed by atoms with Crippen molar-refractivity contribution < 1.29 is 9.53 Å². The fourth-order valence-electron chi connectivity index (χ4n) is 4.73. The van der Waals surface area contributed by atoms with Gasteiger partial charge in [-0.1, -0.05) is 91.0 Å². The van der Waals surface area contributed by atoms with Crippen molar-refractivity contribution >= 4 is 23.5 Å². The topological polar surface area (TPSA) is 71.2 Å². The zero-order valence-corrected chi connectivity index (χ0v) is 22.7. The summed E-state index contributed by atoms with van der Waals surface area (Å²) in [6, 6.07) is 34.3. The molecule has 2 N–H and O–H groups in total. The molecule has 0 bridgehead atoms. The number of rotatable bonds is 10. The van der Waals surface area contributed by atoms with Crippen molar-refractivity contribution in [2.75, 3.05) is 25.1 Å². The summed E-state index contributed by atoms with van der Waals surface area (Å²) in [5.41, 5.74) is 12.6. The molecular weight excluding hydrogens is 496 g/mol. The van der Waals surface area contributed by atoms with E-state index in [0.29, 0.717) is 19.6 Å². The lowest BCUT2D eigenvalue weighted by Gasteiger charge is -2.26. The molecule has 0 radical (unpaired) electrons. The standard InChI is InChI=1S/C34H34N4O2/c1-40-30-20-15-26(16-21-30)17-22-32-31-11-5-6-12-33(31)37(34(39)38(36-32)24-8-7-23-35)25-27-13-18-29(19-14-27)28-9-3-2-4-10-28/h2-6,9-22H,7-8,23-25,35H2,1H3/b22-17+. The van der Waals surface area contributed by atoms with Gasteiger partial charge in [-0.05, 0) is 65.9 Å². The number of hydrogen-bond acceptors (Lipinski definition) is 4. The second-order valence-electron chi connectivity index (χ2n) is 9.66. The van der Waals surface area contributed by atoms with Crippen LogP contribution < -0.4 is 15.4 Å². The van der Waals surface area contributed by atoms with Crippen molar-refractivity contribution in [1.29, 1.82) is 0 Å². The molecule has 2 amide bonds. The zero-order valence-electron chi connectivity index (χ0n) is 22.7. The number of fused-ring (bicyclic) bond motifs is 1. The summed E-state index contributed by atoms with van der Waals surface area (Å²) in [4.78, 5) is 15.8. The molecule has 40 heavy (non-hydrogen) atoms. The first-order valence-electron chi connectivity index (χ1n) is 13.6. The number of para-hydroxylation sites is 1. The Hall–Kier alpha value is -4.68. The highest BCUT2D eigenvalue weighted by Gasteiger charge is 2.29. The van der Waals surface area contributed by atoms with Gasteiger partial charge < -0.3 is 10.5 Å². The lowest BCUT2D eigenvalue weighted by Crippen LogP contribution is -2.40. The molecule has 1 aliphatic rings. The first kappa shape index (κ1) is 26.9. The van der Waals surface area contributed by atoms with Gasteiger partial charge in [-0.3, -0.25) is 4.90 Å². The number of anilines is 1. The molecule has 0 spiro atoms. The van der Waals surface area contributed by atoms with Crippen LogP contribution in [0.4, 0.5) is 10.5 Å². The van der Waals surface area contributed by atoms with E-state index in [-0.39, 0.29) is 6.03 Å². The SMILES string of the molecule is COc1ccc(/C=C/C2=NN(CCCCN)C(=O)N(Cc3ccc(-c4ccccc4)cc3)c3ccccc32)cc1. The highest BCUT2D eigenvalue weighted by atomic mass is 16.5. The lowest BCUT2D eigenvalue weighted by atomic mass is 10.0. The average Bonchev–Trinajstić information content (AvgIpc) is 3.12. The minimum Gasteiger partial charge on any atom is -0.497 e. The van der Waals surface area contributed by atoms with Crippen LogP contribution in [0.15, 0.2) is 114 Å². The van der Waals surface area contributed by atoms with Crippen LogP contribution in [0.1, 0.15) is 29.5 Å². The summed E-state index contributed by atoms with van der Waals surface area (Å²) in [7, 11) is 1.65. The van der Waals surface area contributed by atoms with E-state index in [1.54, 1.807) is 12.1 Å². The molecule has 0 saturated heterocycles. The monoisotopic (exact) mass is 530 g/mol. The Kier molecular flexibility index (Phi) is 8.69. The first-order valence-corrected chi connectivity index (χ1v) is 13.6. The van der Waals surface area contributed by atoms with Crippen molar-refractivity contribution in [2.45, 2.75) is 19.4 Å². The predicted molar refractivity (Wildman–Crippen MR) is 163 cm³/mol. The molecule has 0 saturated carbocycles. The number of methoxy groups -OCH3 is 1. The zero-order chi connectivity index (χ0) is 27.7. The molecule has 0 atom stereocenters. The number of hydrogen-bond donors (Lipinski definition) is 1. The molecule has 5 rings (SSSR count). The molecular formula is C34H34N4O2. The van der Waals surface area contributed by atoms with Crippen molar-refractivity contribution in [3.63, 3.8) is 0 Å². The summed E-state index contributed by atoms with van der Waals surface area (Å²) in [5, 5.41) is 6.46. The van der Waals surface area contributed by atoms with Gasteiger partial charge in [0.25, 0.3) is 0 Å². The normalized spacial score (nSPS) is 13.2. The largest absolute Gasteiger partial charge is 0.497 e. The van der Waals surface area contributed by atoms with E-state index >= 15 is 0 Å². The maximum Gasteiger partial charge on any atom is 0.345 e. The van der Waals surface area contributed by atoms with Crippen molar-refractivity contribution in [2.24, 2.45) is 10.8 Å². The Labute approximate surface area is 236 Å². The molecule has 202 valence electrons. The van der Waals surface area contributed by atoms with Gasteiger partial charge in [0.2, 0.25) is 0 Å². The van der Waals surface area contributed by atoms with Crippen molar-refractivity contribution in [3.05, 3.63) is 126 Å². The van der Waals surface area contributed by atoms with E-state index in [9.17, 15) is 4.79 Å². The fraction of sp³-hybridized carbons (Fsp3) is 0.176. The number of carbonyl (C=O) groups excluding carboxylic acids is 1. The van der Waals surface area contributed by atoms with E-state index in [2.05, 4.69) is 36.4 Å². The molecule has 6 nitrogen and oxygen atoms in total. The Balaban J connectivity index is 1.47. The van der Waals surface area contributed by atoms with Crippen molar-refractivity contribution in [3.8, 4) is 16.9 Å². The van der Waals surface area contributed by atoms with Gasteiger partial charge in [-0.25, -0.2) is 9.80 Å². The third-order valence-corrected chi connectivity index (χ3v) is 6.93. The van der Waals surface area contributed by atoms with Crippen molar-refractivity contribution in [1.82, 2.24) is 5.01 Å². The van der Waals surface area contributed by atoms with Crippen LogP contribution in [0.2, 0.25) is 0 Å². The third kappa shape index (κ3) is 6.30. The number of nitrogens with two attached hydrogens (primary N) is 1. The van der Waals surface area contributed by atoms with Gasteiger partial charge in [-0.15, -0.1) is 0 Å². The second-order valence-corrected chi connectivity index (χ2v) is 9.66. The second kappa shape index (κ2) is 12.9. The molecule has 0 aromatic heterocycles. The number of benzene rings is 4. The van der Waals surface area contributed by atoms with Gasteiger partial charge in [0.15, 0.2) is 0 Å². The van der Waals surface area contributed by atoms with Gasteiger partial charge >= 0.3 is 6.03 Å². The summed E-state index contributed by atoms with van der Waals surface area (Å²) in [6.45, 7) is 1.50. The highest BCUT2D eigenvalue weighted by Crippen LogP contribution is 2.29. The van der Waals surface area contributed by atoms with E-state index in [1.807, 2.05) is 83.8 Å². The van der Waals surface area contributed by atoms with Gasteiger partial charge in [0.05, 0.1) is 25.1 Å². The molecule has 6 heteroatoms. The number of hydrazone groups is 1. The average molecular weight is 531 g/mol. The molecule has 0 fully saturated rings. The van der Waals surface area contributed by atoms with Gasteiger partial charge in [-0.2, -0.15) is 5.10 Å². The number of nitrogens with zero attached hydrogens (tertiary/aromatic N) is 3. The number of amides is 2.